The van der Waals surface area contributed by atoms with Gasteiger partial charge < -0.3 is 14.6 Å². The first-order valence-electron chi connectivity index (χ1n) is 5.80. The number of aromatic hydroxyl groups is 1. The zero-order valence-electron chi connectivity index (χ0n) is 10.8. The summed E-state index contributed by atoms with van der Waals surface area (Å²) in [4.78, 5) is 22.3. The highest BCUT2D eigenvalue weighted by Crippen LogP contribution is 2.33. The third-order valence-corrected chi connectivity index (χ3v) is 2.70. The maximum atomic E-state index is 11.4. The molecule has 6 nitrogen and oxygen atoms in total. The Morgan fingerprint density at radius 1 is 1.45 bits per heavy atom. The van der Waals surface area contributed by atoms with E-state index in [9.17, 15) is 14.7 Å². The predicted molar refractivity (Wildman–Crippen MR) is 71.2 cm³/mol. The molecule has 2 amide bonds. The van der Waals surface area contributed by atoms with E-state index in [1.54, 1.807) is 12.1 Å². The quantitative estimate of drug-likeness (QED) is 0.645. The molecule has 20 heavy (non-hydrogen) atoms. The zero-order chi connectivity index (χ0) is 14.7. The summed E-state index contributed by atoms with van der Waals surface area (Å²) in [6.45, 7) is 3.61. The number of hydrogen-bond donors (Lipinski definition) is 2. The Morgan fingerprint density at radius 3 is 2.75 bits per heavy atom. The normalized spacial score (nSPS) is 15.9. The molecule has 1 aromatic rings. The molecule has 1 heterocycles. The first kappa shape index (κ1) is 13.7. The number of nitrogens with one attached hydrogen (secondary N) is 1. The number of methoxy groups -OCH3 is 1. The summed E-state index contributed by atoms with van der Waals surface area (Å²) in [7, 11) is 1.42. The summed E-state index contributed by atoms with van der Waals surface area (Å²) in [6.07, 6.45) is 2.66. The number of allylic oxidation sites excluding steroid dienone is 1. The fourth-order valence-electron chi connectivity index (χ4n) is 1.81. The average Bonchev–Trinajstić information content (AvgIpc) is 2.71. The Morgan fingerprint density at radius 2 is 2.20 bits per heavy atom. The molecule has 2 rings (SSSR count). The Balaban J connectivity index is 2.44. The lowest BCUT2D eigenvalue weighted by Crippen LogP contribution is -2.18. The van der Waals surface area contributed by atoms with E-state index < -0.39 is 12.0 Å². The van der Waals surface area contributed by atoms with Gasteiger partial charge in [0.15, 0.2) is 17.3 Å². The minimum atomic E-state index is -0.807. The number of carbonyl (C=O) groups excluding carboxylic acids is 2. The van der Waals surface area contributed by atoms with Gasteiger partial charge in [0.25, 0.3) is 5.91 Å². The number of phenolic OH excluding ortho intramolecular Hbond substituents is 1. The SMILES string of the molecule is C=CCc1cc(/C=C2\OC(=O)NC2=O)cc(OC)c1O. The lowest BCUT2D eigenvalue weighted by molar-refractivity contribution is -0.116. The maximum absolute atomic E-state index is 11.4. The molecule has 0 atom stereocenters. The molecule has 6 heteroatoms. The molecular formula is C14H13NO5. The van der Waals surface area contributed by atoms with Crippen molar-refractivity contribution < 1.29 is 24.2 Å². The molecule has 2 N–H and O–H groups in total. The summed E-state index contributed by atoms with van der Waals surface area (Å²) in [5.74, 6) is -0.428. The fraction of sp³-hybridized carbons (Fsp3) is 0.143. The summed E-state index contributed by atoms with van der Waals surface area (Å²) in [6, 6.07) is 3.19. The molecule has 0 bridgehead atoms. The second kappa shape index (κ2) is 5.48. The highest BCUT2D eigenvalue weighted by atomic mass is 16.6. The molecule has 0 saturated carbocycles. The number of rotatable bonds is 4. The van der Waals surface area contributed by atoms with Gasteiger partial charge in [-0.15, -0.1) is 6.58 Å². The van der Waals surface area contributed by atoms with Gasteiger partial charge in [0.05, 0.1) is 7.11 Å². The summed E-state index contributed by atoms with van der Waals surface area (Å²) in [5, 5.41) is 11.9. The van der Waals surface area contributed by atoms with Crippen molar-refractivity contribution in [1.82, 2.24) is 5.32 Å². The van der Waals surface area contributed by atoms with E-state index >= 15 is 0 Å². The number of amides is 2. The highest BCUT2D eigenvalue weighted by molar-refractivity contribution is 6.09. The molecule has 1 aliphatic heterocycles. The van der Waals surface area contributed by atoms with E-state index in [1.807, 2.05) is 5.32 Å². The molecule has 0 aliphatic carbocycles. The van der Waals surface area contributed by atoms with Crippen LogP contribution in [0.5, 0.6) is 11.5 Å². The van der Waals surface area contributed by atoms with Crippen molar-refractivity contribution in [3.63, 3.8) is 0 Å². The van der Waals surface area contributed by atoms with Gasteiger partial charge in [-0.2, -0.15) is 0 Å². The number of imide groups is 1. The second-order valence-corrected chi connectivity index (χ2v) is 4.08. The topological polar surface area (TPSA) is 84.9 Å². The lowest BCUT2D eigenvalue weighted by atomic mass is 10.0. The van der Waals surface area contributed by atoms with Gasteiger partial charge in [-0.05, 0) is 30.2 Å². The van der Waals surface area contributed by atoms with Crippen LogP contribution in [0.3, 0.4) is 0 Å². The largest absolute Gasteiger partial charge is 0.504 e. The van der Waals surface area contributed by atoms with Crippen molar-refractivity contribution in [2.24, 2.45) is 0 Å². The van der Waals surface area contributed by atoms with Crippen molar-refractivity contribution >= 4 is 18.1 Å². The third kappa shape index (κ3) is 2.64. The molecule has 0 aromatic heterocycles. The van der Waals surface area contributed by atoms with Crippen molar-refractivity contribution in [1.29, 1.82) is 0 Å². The Labute approximate surface area is 115 Å². The molecule has 1 saturated heterocycles. The summed E-state index contributed by atoms with van der Waals surface area (Å²) in [5.41, 5.74) is 1.16. The van der Waals surface area contributed by atoms with E-state index in [1.165, 1.54) is 19.3 Å². The molecule has 0 radical (unpaired) electrons. The van der Waals surface area contributed by atoms with Crippen LogP contribution in [0, 0.1) is 0 Å². The van der Waals surface area contributed by atoms with Gasteiger partial charge in [0.2, 0.25) is 0 Å². The van der Waals surface area contributed by atoms with E-state index in [0.29, 0.717) is 17.5 Å². The van der Waals surface area contributed by atoms with Crippen molar-refractivity contribution in [2.75, 3.05) is 7.11 Å². The van der Waals surface area contributed by atoms with Crippen LogP contribution in [0.4, 0.5) is 4.79 Å². The van der Waals surface area contributed by atoms with E-state index in [-0.39, 0.29) is 17.3 Å². The first-order valence-corrected chi connectivity index (χ1v) is 5.80. The number of carbonyl (C=O) groups is 2. The van der Waals surface area contributed by atoms with E-state index in [0.717, 1.165) is 0 Å². The number of ether oxygens (including phenoxy) is 2. The molecule has 104 valence electrons. The Bertz CT molecular complexity index is 618. The van der Waals surface area contributed by atoms with Gasteiger partial charge >= 0.3 is 6.09 Å². The van der Waals surface area contributed by atoms with Crippen LogP contribution < -0.4 is 10.1 Å². The van der Waals surface area contributed by atoms with Gasteiger partial charge in [-0.3, -0.25) is 10.1 Å². The first-order chi connectivity index (χ1) is 9.55. The smallest absolute Gasteiger partial charge is 0.419 e. The van der Waals surface area contributed by atoms with Crippen molar-refractivity contribution in [3.05, 3.63) is 41.7 Å². The van der Waals surface area contributed by atoms with Gasteiger partial charge in [0, 0.05) is 5.56 Å². The standard InChI is InChI=1S/C14H13NO5/c1-3-4-9-5-8(6-10(19-2)12(9)16)7-11-13(17)15-14(18)20-11/h3,5-7,16H,1,4H2,2H3,(H,15,17,18)/b11-7-. The van der Waals surface area contributed by atoms with Crippen LogP contribution in [0.25, 0.3) is 6.08 Å². The van der Waals surface area contributed by atoms with E-state index in [2.05, 4.69) is 6.58 Å². The molecule has 1 fully saturated rings. The number of cyclic esters (lactones) is 1. The van der Waals surface area contributed by atoms with Crippen LogP contribution in [-0.2, 0) is 16.0 Å². The van der Waals surface area contributed by atoms with Crippen LogP contribution >= 0.6 is 0 Å². The molecule has 0 unspecified atom stereocenters. The predicted octanol–water partition coefficient (Wildman–Crippen LogP) is 1.74. The molecular weight excluding hydrogens is 262 g/mol. The monoisotopic (exact) mass is 275 g/mol. The number of benzene rings is 1. The fourth-order valence-corrected chi connectivity index (χ4v) is 1.81. The second-order valence-electron chi connectivity index (χ2n) is 4.08. The van der Waals surface area contributed by atoms with Gasteiger partial charge in [-0.1, -0.05) is 6.08 Å². The minimum Gasteiger partial charge on any atom is -0.504 e. The van der Waals surface area contributed by atoms with Gasteiger partial charge in [-0.25, -0.2) is 4.79 Å². The summed E-state index contributed by atoms with van der Waals surface area (Å²) >= 11 is 0. The van der Waals surface area contributed by atoms with Crippen LogP contribution in [0.2, 0.25) is 0 Å². The zero-order valence-corrected chi connectivity index (χ0v) is 10.8. The summed E-state index contributed by atoms with van der Waals surface area (Å²) < 4.78 is 9.78. The van der Waals surface area contributed by atoms with Crippen molar-refractivity contribution in [3.8, 4) is 11.5 Å². The van der Waals surface area contributed by atoms with Crippen LogP contribution in [0.1, 0.15) is 11.1 Å². The lowest BCUT2D eigenvalue weighted by Gasteiger charge is -2.09. The molecule has 1 aliphatic rings. The Hall–Kier alpha value is -2.76. The van der Waals surface area contributed by atoms with Gasteiger partial charge in [0.1, 0.15) is 0 Å². The van der Waals surface area contributed by atoms with Crippen LogP contribution in [0.15, 0.2) is 30.5 Å². The Kier molecular flexibility index (Phi) is 3.74. The highest BCUT2D eigenvalue weighted by Gasteiger charge is 2.26. The minimum absolute atomic E-state index is 0.0161. The maximum Gasteiger partial charge on any atom is 0.419 e. The number of alkyl carbamates (subject to hydrolysis) is 1. The van der Waals surface area contributed by atoms with Crippen molar-refractivity contribution in [2.45, 2.75) is 6.42 Å². The molecule has 1 aromatic carbocycles. The third-order valence-electron chi connectivity index (χ3n) is 2.70. The molecule has 0 spiro atoms. The number of hydrogen-bond acceptors (Lipinski definition) is 5. The number of phenols is 1. The van der Waals surface area contributed by atoms with Crippen LogP contribution in [-0.4, -0.2) is 24.2 Å². The average molecular weight is 275 g/mol. The van der Waals surface area contributed by atoms with E-state index in [4.69, 9.17) is 9.47 Å².